The van der Waals surface area contributed by atoms with E-state index in [0.717, 1.165) is 5.71 Å². The Labute approximate surface area is 123 Å². The van der Waals surface area contributed by atoms with Crippen LogP contribution in [-0.2, 0) is 0 Å². The fourth-order valence-corrected chi connectivity index (χ4v) is 1.93. The van der Waals surface area contributed by atoms with Crippen LogP contribution >= 0.6 is 0 Å². The van der Waals surface area contributed by atoms with Crippen molar-refractivity contribution < 1.29 is 4.74 Å². The fraction of sp³-hybridized carbons (Fsp3) is 0.357. The highest BCUT2D eigenvalue weighted by atomic mass is 16.5. The van der Waals surface area contributed by atoms with Crippen LogP contribution in [-0.4, -0.2) is 34.7 Å². The summed E-state index contributed by atoms with van der Waals surface area (Å²) in [5.41, 5.74) is 12.7. The molecule has 0 aliphatic carbocycles. The standard InChI is InChI=1S/C14H20N6O/c1-8(2)20-13(15)12(9(3)19-20)18-10-4-6-11(7-5-10)21-14(16)17/h4-8,14-15H,16-17H2,1-3H3. The highest BCUT2D eigenvalue weighted by molar-refractivity contribution is 6.69. The molecule has 0 spiro atoms. The highest BCUT2D eigenvalue weighted by Crippen LogP contribution is 2.20. The average Bonchev–Trinajstić information content (AvgIpc) is 2.68. The van der Waals surface area contributed by atoms with Crippen LogP contribution in [0.5, 0.6) is 5.75 Å². The summed E-state index contributed by atoms with van der Waals surface area (Å²) in [7, 11) is 0. The maximum atomic E-state index is 8.13. The van der Waals surface area contributed by atoms with Crippen LogP contribution in [0.25, 0.3) is 0 Å². The first-order chi connectivity index (χ1) is 9.88. The van der Waals surface area contributed by atoms with E-state index in [1.165, 1.54) is 0 Å². The van der Waals surface area contributed by atoms with E-state index in [-0.39, 0.29) is 6.04 Å². The van der Waals surface area contributed by atoms with Crippen molar-refractivity contribution in [1.29, 1.82) is 5.41 Å². The second kappa shape index (κ2) is 6.02. The minimum Gasteiger partial charge on any atom is -0.463 e. The maximum Gasteiger partial charge on any atom is 0.201 e. The van der Waals surface area contributed by atoms with E-state index < -0.39 is 6.35 Å². The second-order valence-corrected chi connectivity index (χ2v) is 5.01. The molecule has 7 nitrogen and oxygen atoms in total. The zero-order chi connectivity index (χ0) is 15.6. The lowest BCUT2D eigenvalue weighted by Gasteiger charge is -2.17. The van der Waals surface area contributed by atoms with Gasteiger partial charge in [0.1, 0.15) is 11.5 Å². The summed E-state index contributed by atoms with van der Waals surface area (Å²) in [5.74, 6) is 0.886. The molecule has 21 heavy (non-hydrogen) atoms. The van der Waals surface area contributed by atoms with Gasteiger partial charge < -0.3 is 4.74 Å². The van der Waals surface area contributed by atoms with Gasteiger partial charge in [-0.3, -0.25) is 16.9 Å². The predicted molar refractivity (Wildman–Crippen MR) is 84.1 cm³/mol. The number of hydrogen-bond donors (Lipinski definition) is 3. The number of hydrazone groups is 1. The molecule has 1 aromatic rings. The molecule has 2 rings (SSSR count). The molecule has 0 saturated carbocycles. The van der Waals surface area contributed by atoms with E-state index in [1.807, 2.05) is 20.8 Å². The molecule has 7 heteroatoms. The van der Waals surface area contributed by atoms with Crippen LogP contribution in [0.2, 0.25) is 0 Å². The molecule has 5 N–H and O–H groups in total. The number of hydrogen-bond acceptors (Lipinski definition) is 6. The Hall–Kier alpha value is -2.25. The van der Waals surface area contributed by atoms with Crippen molar-refractivity contribution in [1.82, 2.24) is 5.01 Å². The van der Waals surface area contributed by atoms with Crippen molar-refractivity contribution in [2.45, 2.75) is 33.2 Å². The predicted octanol–water partition coefficient (Wildman–Crippen LogP) is 1.42. The van der Waals surface area contributed by atoms with Crippen LogP contribution < -0.4 is 16.2 Å². The van der Waals surface area contributed by atoms with Crippen molar-refractivity contribution in [3.05, 3.63) is 24.3 Å². The van der Waals surface area contributed by atoms with E-state index in [0.29, 0.717) is 23.0 Å². The highest BCUT2D eigenvalue weighted by Gasteiger charge is 2.27. The Balaban J connectivity index is 2.20. The first kappa shape index (κ1) is 15.1. The molecule has 1 aliphatic rings. The molecule has 0 bridgehead atoms. The molecular formula is C14H20N6O. The number of nitrogens with two attached hydrogens (primary N) is 2. The SMILES string of the molecule is CC1=NN(C(C)C)C(=N)C1=Nc1ccc(OC(N)N)cc1. The van der Waals surface area contributed by atoms with E-state index in [9.17, 15) is 0 Å². The summed E-state index contributed by atoms with van der Waals surface area (Å²) in [4.78, 5) is 4.47. The number of rotatable bonds is 4. The zero-order valence-corrected chi connectivity index (χ0v) is 12.4. The topological polar surface area (TPSA) is 113 Å². The van der Waals surface area contributed by atoms with Gasteiger partial charge >= 0.3 is 0 Å². The molecule has 0 fully saturated rings. The van der Waals surface area contributed by atoms with Gasteiger partial charge in [-0.1, -0.05) is 0 Å². The average molecular weight is 288 g/mol. The smallest absolute Gasteiger partial charge is 0.201 e. The first-order valence-corrected chi connectivity index (χ1v) is 6.69. The van der Waals surface area contributed by atoms with Crippen molar-refractivity contribution in [3.8, 4) is 5.75 Å². The van der Waals surface area contributed by atoms with Crippen LogP contribution in [0.15, 0.2) is 34.4 Å². The molecular weight excluding hydrogens is 268 g/mol. The van der Waals surface area contributed by atoms with Crippen molar-refractivity contribution >= 4 is 22.9 Å². The van der Waals surface area contributed by atoms with Crippen LogP contribution in [0.4, 0.5) is 5.69 Å². The normalized spacial score (nSPS) is 17.1. The van der Waals surface area contributed by atoms with Crippen LogP contribution in [0.3, 0.4) is 0 Å². The van der Waals surface area contributed by atoms with E-state index >= 15 is 0 Å². The van der Waals surface area contributed by atoms with Gasteiger partial charge in [-0.2, -0.15) is 5.10 Å². The molecule has 1 heterocycles. The van der Waals surface area contributed by atoms with Gasteiger partial charge in [0.25, 0.3) is 0 Å². The molecule has 112 valence electrons. The van der Waals surface area contributed by atoms with Gasteiger partial charge in [-0.05, 0) is 45.0 Å². The van der Waals surface area contributed by atoms with E-state index in [4.69, 9.17) is 21.6 Å². The minimum absolute atomic E-state index is 0.127. The number of benzene rings is 1. The summed E-state index contributed by atoms with van der Waals surface area (Å²) in [6, 6.07) is 7.16. The number of amidine groups is 1. The Kier molecular flexibility index (Phi) is 4.35. The number of aliphatic imine (C=N–C) groups is 1. The van der Waals surface area contributed by atoms with Gasteiger partial charge in [0.2, 0.25) is 6.35 Å². The summed E-state index contributed by atoms with van der Waals surface area (Å²) < 4.78 is 5.16. The van der Waals surface area contributed by atoms with Crippen LogP contribution in [0, 0.1) is 5.41 Å². The summed E-state index contributed by atoms with van der Waals surface area (Å²) in [6.45, 7) is 5.81. The third-order valence-electron chi connectivity index (χ3n) is 2.89. The van der Waals surface area contributed by atoms with Gasteiger partial charge in [-0.15, -0.1) is 0 Å². The molecule has 1 aliphatic heterocycles. The molecule has 1 aromatic carbocycles. The monoisotopic (exact) mass is 288 g/mol. The minimum atomic E-state index is -0.848. The quantitative estimate of drug-likeness (QED) is 0.727. The number of ether oxygens (including phenoxy) is 1. The van der Waals surface area contributed by atoms with Crippen molar-refractivity contribution in [3.63, 3.8) is 0 Å². The number of nitrogens with zero attached hydrogens (tertiary/aromatic N) is 3. The Morgan fingerprint density at radius 3 is 2.33 bits per heavy atom. The Morgan fingerprint density at radius 1 is 1.24 bits per heavy atom. The molecule has 0 atom stereocenters. The van der Waals surface area contributed by atoms with Crippen molar-refractivity contribution in [2.75, 3.05) is 0 Å². The lowest BCUT2D eigenvalue weighted by atomic mass is 10.2. The summed E-state index contributed by atoms with van der Waals surface area (Å²) in [5, 5.41) is 14.1. The third-order valence-corrected chi connectivity index (χ3v) is 2.89. The molecule has 0 unspecified atom stereocenters. The first-order valence-electron chi connectivity index (χ1n) is 6.69. The molecule has 0 aromatic heterocycles. The van der Waals surface area contributed by atoms with Gasteiger partial charge in [0.15, 0.2) is 5.84 Å². The molecule has 0 radical (unpaired) electrons. The van der Waals surface area contributed by atoms with Gasteiger partial charge in [-0.25, -0.2) is 10.0 Å². The summed E-state index contributed by atoms with van der Waals surface area (Å²) in [6.07, 6.45) is -0.848. The van der Waals surface area contributed by atoms with Gasteiger partial charge in [0.05, 0.1) is 11.4 Å². The number of nitrogens with one attached hydrogen (secondary N) is 1. The van der Waals surface area contributed by atoms with E-state index in [1.54, 1.807) is 29.3 Å². The fourth-order valence-electron chi connectivity index (χ4n) is 1.93. The maximum absolute atomic E-state index is 8.13. The van der Waals surface area contributed by atoms with Gasteiger partial charge in [0, 0.05) is 6.04 Å². The summed E-state index contributed by atoms with van der Waals surface area (Å²) >= 11 is 0. The molecule has 0 saturated heterocycles. The lowest BCUT2D eigenvalue weighted by molar-refractivity contribution is 0.217. The zero-order valence-electron chi connectivity index (χ0n) is 12.4. The van der Waals surface area contributed by atoms with Crippen LogP contribution in [0.1, 0.15) is 20.8 Å². The largest absolute Gasteiger partial charge is 0.463 e. The third kappa shape index (κ3) is 3.45. The van der Waals surface area contributed by atoms with E-state index in [2.05, 4.69) is 10.1 Å². The molecule has 0 amide bonds. The Morgan fingerprint density at radius 2 is 1.86 bits per heavy atom. The lowest BCUT2D eigenvalue weighted by Crippen LogP contribution is -2.36. The second-order valence-electron chi connectivity index (χ2n) is 5.01. The van der Waals surface area contributed by atoms with Crippen molar-refractivity contribution in [2.24, 2.45) is 21.6 Å². The Bertz CT molecular complexity index is 588.